The highest BCUT2D eigenvalue weighted by Gasteiger charge is 2.11. The summed E-state index contributed by atoms with van der Waals surface area (Å²) in [6.45, 7) is 0. The van der Waals surface area contributed by atoms with Crippen LogP contribution in [0.1, 0.15) is 0 Å². The first-order valence-corrected chi connectivity index (χ1v) is 6.30. The number of para-hydroxylation sites is 1. The molecule has 0 bridgehead atoms. The van der Waals surface area contributed by atoms with Crippen molar-refractivity contribution in [3.63, 3.8) is 0 Å². The summed E-state index contributed by atoms with van der Waals surface area (Å²) in [7, 11) is 0. The quantitative estimate of drug-likeness (QED) is 0.721. The maximum atomic E-state index is 13.5. The molecule has 0 aliphatic carbocycles. The van der Waals surface area contributed by atoms with Gasteiger partial charge in [-0.3, -0.25) is 0 Å². The Kier molecular flexibility index (Phi) is 4.32. The third kappa shape index (κ3) is 3.31. The van der Waals surface area contributed by atoms with Gasteiger partial charge in [0, 0.05) is 5.69 Å². The first-order chi connectivity index (χ1) is 9.47. The smallest absolute Gasteiger partial charge is 0.323 e. The highest BCUT2D eigenvalue weighted by Crippen LogP contribution is 2.26. The lowest BCUT2D eigenvalue weighted by Crippen LogP contribution is -2.20. The molecule has 0 heterocycles. The zero-order chi connectivity index (χ0) is 14.7. The molecule has 0 aliphatic heterocycles. The molecule has 2 aromatic rings. The number of nitrogen functional groups attached to an aromatic ring is 1. The standard InChI is InChI=1S/C13H10Cl2FN3O/c14-8-2-1-3-10(16)12(8)19-13(20)18-11-5-4-7(17)6-9(11)15/h1-6H,17H2,(H2,18,19,20). The molecule has 0 saturated carbocycles. The van der Waals surface area contributed by atoms with E-state index in [2.05, 4.69) is 10.6 Å². The number of urea groups is 1. The molecule has 2 aromatic carbocycles. The lowest BCUT2D eigenvalue weighted by atomic mass is 10.3. The van der Waals surface area contributed by atoms with E-state index >= 15 is 0 Å². The summed E-state index contributed by atoms with van der Waals surface area (Å²) in [5.41, 5.74) is 6.27. The number of hydrogen-bond acceptors (Lipinski definition) is 2. The fourth-order valence-corrected chi connectivity index (χ4v) is 1.96. The van der Waals surface area contributed by atoms with Crippen molar-refractivity contribution in [2.75, 3.05) is 16.4 Å². The Balaban J connectivity index is 2.13. The lowest BCUT2D eigenvalue weighted by molar-refractivity contribution is 0.262. The number of carbonyl (C=O) groups excluding carboxylic acids is 1. The summed E-state index contributed by atoms with van der Waals surface area (Å²) in [5, 5.41) is 5.18. The summed E-state index contributed by atoms with van der Waals surface area (Å²) in [6, 6.07) is 8.06. The summed E-state index contributed by atoms with van der Waals surface area (Å²) < 4.78 is 13.5. The highest BCUT2D eigenvalue weighted by molar-refractivity contribution is 6.35. The molecule has 0 spiro atoms. The van der Waals surface area contributed by atoms with Crippen LogP contribution in [0.15, 0.2) is 36.4 Å². The number of nitrogens with two attached hydrogens (primary N) is 1. The second-order valence-electron chi connectivity index (χ2n) is 3.92. The normalized spacial score (nSPS) is 10.2. The first kappa shape index (κ1) is 14.4. The minimum atomic E-state index is -0.663. The van der Waals surface area contributed by atoms with Crippen LogP contribution in [0, 0.1) is 5.82 Å². The highest BCUT2D eigenvalue weighted by atomic mass is 35.5. The molecule has 4 N–H and O–H groups in total. The fraction of sp³-hybridized carbons (Fsp3) is 0. The maximum Gasteiger partial charge on any atom is 0.323 e. The number of carbonyl (C=O) groups is 1. The number of nitrogens with one attached hydrogen (secondary N) is 2. The third-order valence-corrected chi connectivity index (χ3v) is 3.07. The zero-order valence-electron chi connectivity index (χ0n) is 10.1. The molecular formula is C13H10Cl2FN3O. The van der Waals surface area contributed by atoms with Gasteiger partial charge in [-0.05, 0) is 30.3 Å². The summed E-state index contributed by atoms with van der Waals surface area (Å²) in [4.78, 5) is 11.8. The van der Waals surface area contributed by atoms with Crippen molar-refractivity contribution in [1.82, 2.24) is 0 Å². The summed E-state index contributed by atoms with van der Waals surface area (Å²) in [6.07, 6.45) is 0. The Labute approximate surface area is 124 Å². The molecule has 104 valence electrons. The average molecular weight is 314 g/mol. The molecule has 0 unspecified atom stereocenters. The molecular weight excluding hydrogens is 304 g/mol. The maximum absolute atomic E-state index is 13.5. The molecule has 2 amide bonds. The predicted molar refractivity (Wildman–Crippen MR) is 79.9 cm³/mol. The van der Waals surface area contributed by atoms with Gasteiger partial charge >= 0.3 is 6.03 Å². The second kappa shape index (κ2) is 5.98. The molecule has 0 saturated heterocycles. The molecule has 4 nitrogen and oxygen atoms in total. The van der Waals surface area contributed by atoms with Gasteiger partial charge in [0.2, 0.25) is 0 Å². The van der Waals surface area contributed by atoms with Gasteiger partial charge in [0.15, 0.2) is 0 Å². The van der Waals surface area contributed by atoms with Crippen LogP contribution in [0.3, 0.4) is 0 Å². The number of anilines is 3. The lowest BCUT2D eigenvalue weighted by Gasteiger charge is -2.11. The molecule has 2 rings (SSSR count). The molecule has 0 radical (unpaired) electrons. The van der Waals surface area contributed by atoms with Crippen molar-refractivity contribution in [1.29, 1.82) is 0 Å². The molecule has 0 atom stereocenters. The van der Waals surface area contributed by atoms with Gasteiger partial charge in [-0.2, -0.15) is 0 Å². The van der Waals surface area contributed by atoms with E-state index in [1.807, 2.05) is 0 Å². The zero-order valence-corrected chi connectivity index (χ0v) is 11.6. The van der Waals surface area contributed by atoms with Crippen LogP contribution in [-0.4, -0.2) is 6.03 Å². The second-order valence-corrected chi connectivity index (χ2v) is 4.73. The Morgan fingerprint density at radius 3 is 2.50 bits per heavy atom. The predicted octanol–water partition coefficient (Wildman–Crippen LogP) is 4.36. The van der Waals surface area contributed by atoms with Crippen molar-refractivity contribution >= 4 is 46.3 Å². The van der Waals surface area contributed by atoms with Crippen molar-refractivity contribution in [2.24, 2.45) is 0 Å². The van der Waals surface area contributed by atoms with Crippen molar-refractivity contribution in [3.8, 4) is 0 Å². The van der Waals surface area contributed by atoms with Crippen LogP contribution < -0.4 is 16.4 Å². The number of amides is 2. The van der Waals surface area contributed by atoms with Crippen LogP contribution in [0.2, 0.25) is 10.0 Å². The van der Waals surface area contributed by atoms with Crippen LogP contribution in [0.4, 0.5) is 26.2 Å². The van der Waals surface area contributed by atoms with E-state index < -0.39 is 11.8 Å². The molecule has 0 aliphatic rings. The van der Waals surface area contributed by atoms with Crippen molar-refractivity contribution < 1.29 is 9.18 Å². The van der Waals surface area contributed by atoms with Crippen molar-refractivity contribution in [3.05, 3.63) is 52.3 Å². The number of hydrogen-bond donors (Lipinski definition) is 3. The van der Waals surface area contributed by atoms with Crippen molar-refractivity contribution in [2.45, 2.75) is 0 Å². The van der Waals surface area contributed by atoms with Gasteiger partial charge in [-0.1, -0.05) is 29.3 Å². The molecule has 20 heavy (non-hydrogen) atoms. The van der Waals surface area contributed by atoms with Gasteiger partial charge in [0.05, 0.1) is 21.4 Å². The molecule has 0 aromatic heterocycles. The van der Waals surface area contributed by atoms with Gasteiger partial charge in [0.25, 0.3) is 0 Å². The number of benzene rings is 2. The van der Waals surface area contributed by atoms with E-state index in [9.17, 15) is 9.18 Å². The molecule has 0 fully saturated rings. The van der Waals surface area contributed by atoms with Gasteiger partial charge in [-0.15, -0.1) is 0 Å². The monoisotopic (exact) mass is 313 g/mol. The van der Waals surface area contributed by atoms with E-state index in [0.29, 0.717) is 11.4 Å². The van der Waals surface area contributed by atoms with Gasteiger partial charge < -0.3 is 16.4 Å². The minimum absolute atomic E-state index is 0.0989. The van der Waals surface area contributed by atoms with E-state index in [1.165, 1.54) is 24.3 Å². The Bertz CT molecular complexity index is 644. The van der Waals surface area contributed by atoms with E-state index in [0.717, 1.165) is 0 Å². The molecule has 7 heteroatoms. The summed E-state index contributed by atoms with van der Waals surface area (Å²) in [5.74, 6) is -0.629. The SMILES string of the molecule is Nc1ccc(NC(=O)Nc2c(F)cccc2Cl)c(Cl)c1. The number of halogens is 3. The number of rotatable bonds is 2. The van der Waals surface area contributed by atoms with Gasteiger partial charge in [-0.25, -0.2) is 9.18 Å². The van der Waals surface area contributed by atoms with Crippen LogP contribution in [0.5, 0.6) is 0 Å². The van der Waals surface area contributed by atoms with Gasteiger partial charge in [0.1, 0.15) is 5.82 Å². The van der Waals surface area contributed by atoms with Crippen LogP contribution in [0.25, 0.3) is 0 Å². The Hall–Kier alpha value is -1.98. The minimum Gasteiger partial charge on any atom is -0.399 e. The largest absolute Gasteiger partial charge is 0.399 e. The average Bonchev–Trinajstić information content (AvgIpc) is 2.37. The topological polar surface area (TPSA) is 67.1 Å². The van der Waals surface area contributed by atoms with E-state index in [-0.39, 0.29) is 15.7 Å². The Morgan fingerprint density at radius 2 is 1.85 bits per heavy atom. The van der Waals surface area contributed by atoms with E-state index in [4.69, 9.17) is 28.9 Å². The van der Waals surface area contributed by atoms with Crippen LogP contribution >= 0.6 is 23.2 Å². The summed E-state index contributed by atoms with van der Waals surface area (Å²) >= 11 is 11.7. The third-order valence-electron chi connectivity index (χ3n) is 2.44. The van der Waals surface area contributed by atoms with E-state index in [1.54, 1.807) is 12.1 Å². The fourth-order valence-electron chi connectivity index (χ4n) is 1.52. The first-order valence-electron chi connectivity index (χ1n) is 5.54. The Morgan fingerprint density at radius 1 is 1.10 bits per heavy atom. The van der Waals surface area contributed by atoms with Crippen LogP contribution in [-0.2, 0) is 0 Å².